The Morgan fingerprint density at radius 2 is 1.83 bits per heavy atom. The number of rotatable bonds is 8. The van der Waals surface area contributed by atoms with Gasteiger partial charge in [-0.3, -0.25) is 14.4 Å². The van der Waals surface area contributed by atoms with Crippen LogP contribution >= 0.6 is 0 Å². The molecule has 6 rings (SSSR count). The summed E-state index contributed by atoms with van der Waals surface area (Å²) in [5.41, 5.74) is 0.531. The summed E-state index contributed by atoms with van der Waals surface area (Å²) < 4.78 is 50.9. The minimum Gasteiger partial charge on any atom is -0.495 e. The molecule has 10 nitrogen and oxygen atoms in total. The molecule has 1 heterocycles. The Labute approximate surface area is 238 Å². The van der Waals surface area contributed by atoms with Crippen molar-refractivity contribution in [2.75, 3.05) is 33.1 Å². The van der Waals surface area contributed by atoms with Gasteiger partial charge in [0.05, 0.1) is 49.3 Å². The molecular formula is C29H28F3N5O5. The largest absolute Gasteiger partial charge is 0.495 e. The number of hydrogen-bond donors (Lipinski definition) is 3. The van der Waals surface area contributed by atoms with Crippen LogP contribution < -0.4 is 20.7 Å². The number of amides is 2. The van der Waals surface area contributed by atoms with Gasteiger partial charge in [0, 0.05) is 23.7 Å². The zero-order chi connectivity index (χ0) is 30.3. The molecule has 3 aliphatic rings. The second-order valence-corrected chi connectivity index (χ2v) is 10.6. The van der Waals surface area contributed by atoms with E-state index in [9.17, 15) is 27.6 Å². The number of imidazole rings is 1. The van der Waals surface area contributed by atoms with Gasteiger partial charge in [-0.25, -0.2) is 4.98 Å². The third-order valence-electron chi connectivity index (χ3n) is 7.64. The second-order valence-electron chi connectivity index (χ2n) is 10.6. The van der Waals surface area contributed by atoms with E-state index in [0.29, 0.717) is 41.8 Å². The quantitative estimate of drug-likeness (QED) is 0.275. The minimum atomic E-state index is -4.50. The maximum atomic E-state index is 13.4. The van der Waals surface area contributed by atoms with E-state index in [4.69, 9.17) is 9.47 Å². The summed E-state index contributed by atoms with van der Waals surface area (Å²) in [6, 6.07) is 7.83. The van der Waals surface area contributed by atoms with Gasteiger partial charge in [0.1, 0.15) is 17.8 Å². The van der Waals surface area contributed by atoms with Crippen LogP contribution in [0.25, 0.3) is 11.0 Å². The number of benzene rings is 2. The van der Waals surface area contributed by atoms with Crippen LogP contribution in [0.3, 0.4) is 0 Å². The standard InChI is InChI=1S/C29H28F3N5O5/c1-33-24(38)18-6-7-20(22(11-18)41-2)34-8-4-5-17-9-19(23-21(10-17)37(16-35-23)15-29(30,31)32)25(39)36-28-12-27(13-28,14-28)26(40)42-3/h6-7,9-11,16,34H,8,12-15H2,1-3H3,(H,33,38)(H,36,39). The number of nitrogens with one attached hydrogen (secondary N) is 3. The van der Waals surface area contributed by atoms with Crippen molar-refractivity contribution in [2.45, 2.75) is 37.5 Å². The van der Waals surface area contributed by atoms with E-state index < -0.39 is 29.6 Å². The molecule has 2 amide bonds. The Hall–Kier alpha value is -4.73. The number of carbonyl (C=O) groups is 3. The van der Waals surface area contributed by atoms with E-state index in [1.807, 2.05) is 0 Å². The fourth-order valence-electron chi connectivity index (χ4n) is 5.80. The van der Waals surface area contributed by atoms with Gasteiger partial charge in [0.2, 0.25) is 0 Å². The average molecular weight is 584 g/mol. The van der Waals surface area contributed by atoms with E-state index >= 15 is 0 Å². The predicted molar refractivity (Wildman–Crippen MR) is 146 cm³/mol. The van der Waals surface area contributed by atoms with Crippen molar-refractivity contribution in [3.63, 3.8) is 0 Å². The number of fused-ring (bicyclic) bond motifs is 1. The molecule has 2 aromatic carbocycles. The van der Waals surface area contributed by atoms with Crippen molar-refractivity contribution in [3.8, 4) is 17.6 Å². The van der Waals surface area contributed by atoms with Gasteiger partial charge < -0.3 is 30.0 Å². The first kappa shape index (κ1) is 28.8. The molecule has 0 atom stereocenters. The highest BCUT2D eigenvalue weighted by atomic mass is 19.4. The Morgan fingerprint density at radius 1 is 1.10 bits per heavy atom. The third-order valence-corrected chi connectivity index (χ3v) is 7.64. The van der Waals surface area contributed by atoms with Crippen LogP contribution in [0.4, 0.5) is 18.9 Å². The Balaban J connectivity index is 1.38. The topological polar surface area (TPSA) is 124 Å². The number of carbonyl (C=O) groups excluding carboxylic acids is 3. The van der Waals surface area contributed by atoms with Crippen LogP contribution in [0.5, 0.6) is 5.75 Å². The van der Waals surface area contributed by atoms with Gasteiger partial charge in [0.15, 0.2) is 0 Å². The normalized spacial score (nSPS) is 20.3. The van der Waals surface area contributed by atoms with E-state index in [1.54, 1.807) is 18.2 Å². The molecule has 0 saturated heterocycles. The molecule has 220 valence electrons. The van der Waals surface area contributed by atoms with Crippen LogP contribution in [0.2, 0.25) is 0 Å². The predicted octanol–water partition coefficient (Wildman–Crippen LogP) is 3.26. The summed E-state index contributed by atoms with van der Waals surface area (Å²) in [6.45, 7) is -1.14. The van der Waals surface area contributed by atoms with Gasteiger partial charge in [-0.05, 0) is 49.6 Å². The first-order chi connectivity index (χ1) is 19.9. The summed E-state index contributed by atoms with van der Waals surface area (Å²) in [7, 11) is 4.31. The number of halogens is 3. The number of ether oxygens (including phenoxy) is 2. The highest BCUT2D eigenvalue weighted by Gasteiger charge is 2.73. The zero-order valence-corrected chi connectivity index (χ0v) is 23.1. The van der Waals surface area contributed by atoms with Crippen LogP contribution in [0, 0.1) is 17.3 Å². The molecule has 3 N–H and O–H groups in total. The van der Waals surface area contributed by atoms with Gasteiger partial charge in [-0.15, -0.1) is 0 Å². The number of aromatic nitrogens is 2. The second kappa shape index (κ2) is 10.6. The average Bonchev–Trinajstić information content (AvgIpc) is 3.31. The lowest BCUT2D eigenvalue weighted by molar-refractivity contribution is -0.199. The van der Waals surface area contributed by atoms with Crippen LogP contribution in [0.1, 0.15) is 45.5 Å². The molecule has 13 heteroatoms. The Morgan fingerprint density at radius 3 is 2.48 bits per heavy atom. The number of esters is 1. The highest BCUT2D eigenvalue weighted by molar-refractivity contribution is 6.06. The van der Waals surface area contributed by atoms with Crippen molar-refractivity contribution < 1.29 is 37.0 Å². The number of hydrogen-bond acceptors (Lipinski definition) is 7. The van der Waals surface area contributed by atoms with Gasteiger partial charge in [-0.1, -0.05) is 11.8 Å². The molecule has 2 bridgehead atoms. The van der Waals surface area contributed by atoms with Crippen LogP contribution in [0.15, 0.2) is 36.7 Å². The van der Waals surface area contributed by atoms with Crippen molar-refractivity contribution in [2.24, 2.45) is 5.41 Å². The van der Waals surface area contributed by atoms with Crippen LogP contribution in [-0.2, 0) is 16.1 Å². The fourth-order valence-corrected chi connectivity index (χ4v) is 5.80. The van der Waals surface area contributed by atoms with Gasteiger partial charge in [0.25, 0.3) is 11.8 Å². The van der Waals surface area contributed by atoms with Crippen molar-refractivity contribution >= 4 is 34.5 Å². The van der Waals surface area contributed by atoms with E-state index in [1.165, 1.54) is 33.4 Å². The van der Waals surface area contributed by atoms with Crippen molar-refractivity contribution in [3.05, 3.63) is 53.3 Å². The Kier molecular flexibility index (Phi) is 7.26. The van der Waals surface area contributed by atoms with E-state index in [-0.39, 0.29) is 35.0 Å². The van der Waals surface area contributed by atoms with Gasteiger partial charge >= 0.3 is 12.1 Å². The third kappa shape index (κ3) is 5.32. The molecule has 3 saturated carbocycles. The summed E-state index contributed by atoms with van der Waals surface area (Å²) in [5, 5.41) is 8.58. The lowest BCUT2D eigenvalue weighted by Crippen LogP contribution is -2.77. The summed E-state index contributed by atoms with van der Waals surface area (Å²) in [5.74, 6) is 5.17. The van der Waals surface area contributed by atoms with Crippen molar-refractivity contribution in [1.82, 2.24) is 20.2 Å². The molecule has 1 aromatic heterocycles. The molecular weight excluding hydrogens is 555 g/mol. The molecule has 0 spiro atoms. The zero-order valence-electron chi connectivity index (χ0n) is 23.1. The highest BCUT2D eigenvalue weighted by Crippen LogP contribution is 2.67. The molecule has 3 aromatic rings. The number of alkyl halides is 3. The number of methoxy groups -OCH3 is 2. The molecule has 3 aliphatic carbocycles. The fraction of sp³-hybridized carbons (Fsp3) is 0.379. The number of nitrogens with zero attached hydrogens (tertiary/aromatic N) is 2. The first-order valence-electron chi connectivity index (χ1n) is 13.0. The monoisotopic (exact) mass is 583 g/mol. The lowest BCUT2D eigenvalue weighted by atomic mass is 9.39. The van der Waals surface area contributed by atoms with Crippen LogP contribution in [-0.4, -0.2) is 66.9 Å². The van der Waals surface area contributed by atoms with Crippen molar-refractivity contribution in [1.29, 1.82) is 0 Å². The number of anilines is 1. The first-order valence-corrected chi connectivity index (χ1v) is 13.0. The maximum Gasteiger partial charge on any atom is 0.406 e. The summed E-state index contributed by atoms with van der Waals surface area (Å²) in [6.07, 6.45) is -2.10. The smallest absolute Gasteiger partial charge is 0.406 e. The molecule has 42 heavy (non-hydrogen) atoms. The summed E-state index contributed by atoms with van der Waals surface area (Å²) in [4.78, 5) is 41.4. The molecule has 0 radical (unpaired) electrons. The van der Waals surface area contributed by atoms with Gasteiger partial charge in [-0.2, -0.15) is 13.2 Å². The van der Waals surface area contributed by atoms with E-state index in [2.05, 4.69) is 32.8 Å². The Bertz CT molecular complexity index is 1630. The lowest BCUT2D eigenvalue weighted by Gasteiger charge is -2.68. The molecule has 0 aliphatic heterocycles. The SMILES string of the molecule is CNC(=O)c1ccc(NCC#Cc2cc(C(=O)NC34CC(C(=O)OC)(C3)C4)c3ncn(CC(F)(F)F)c3c2)c(OC)c1. The minimum absolute atomic E-state index is 0.0917. The van der Waals surface area contributed by atoms with E-state index in [0.717, 1.165) is 10.9 Å². The molecule has 0 unspecified atom stereocenters. The maximum absolute atomic E-state index is 13.4. The summed E-state index contributed by atoms with van der Waals surface area (Å²) >= 11 is 0. The molecule has 3 fully saturated rings.